The summed E-state index contributed by atoms with van der Waals surface area (Å²) in [6, 6.07) is 0. The quantitative estimate of drug-likeness (QED) is 0.0420. The molecule has 78 heavy (non-hydrogen) atoms. The zero-order valence-electron chi connectivity index (χ0n) is 49.8. The van der Waals surface area contributed by atoms with Crippen LogP contribution in [0.15, 0.2) is 0 Å². The van der Waals surface area contributed by atoms with Crippen molar-refractivity contribution in [2.45, 2.75) is 228 Å². The first kappa shape index (κ1) is 73.2. The van der Waals surface area contributed by atoms with Crippen molar-refractivity contribution in [1.82, 2.24) is 29.4 Å². The molecule has 7 amide bonds. The summed E-state index contributed by atoms with van der Waals surface area (Å²) < 4.78 is 0. The number of nitrogens with two attached hydrogens (primary N) is 2. The Kier molecular flexibility index (Phi) is 44.1. The minimum absolute atomic E-state index is 0.0164. The topological polar surface area (TPSA) is 266 Å². The molecule has 0 spiro atoms. The van der Waals surface area contributed by atoms with Crippen LogP contribution in [0.5, 0.6) is 0 Å². The van der Waals surface area contributed by atoms with Gasteiger partial charge in [0.25, 0.3) is 0 Å². The molecule has 0 bridgehead atoms. The number of carbonyl (C=O) groups is 9. The summed E-state index contributed by atoms with van der Waals surface area (Å²) in [4.78, 5) is 130. The van der Waals surface area contributed by atoms with Crippen molar-refractivity contribution in [3.8, 4) is 0 Å². The number of carbonyl (C=O) groups excluding carboxylic acids is 7. The van der Waals surface area contributed by atoms with Crippen molar-refractivity contribution in [3.05, 3.63) is 0 Å². The molecule has 0 rings (SSSR count). The number of rotatable bonds is 52. The summed E-state index contributed by atoms with van der Waals surface area (Å²) in [6.45, 7) is 10.7. The molecule has 2 atom stereocenters. The van der Waals surface area contributed by atoms with Gasteiger partial charge in [-0.2, -0.15) is 0 Å². The number of amides is 7. The minimum atomic E-state index is -1.23. The van der Waals surface area contributed by atoms with Crippen LogP contribution in [0.4, 0.5) is 0 Å². The van der Waals surface area contributed by atoms with Crippen LogP contribution < -0.4 is 11.5 Å². The zero-order chi connectivity index (χ0) is 58.5. The lowest BCUT2D eigenvalue weighted by molar-refractivity contribution is -0.149. The zero-order valence-corrected chi connectivity index (χ0v) is 49.8. The first-order chi connectivity index (χ1) is 37.4. The van der Waals surface area contributed by atoms with Crippen LogP contribution in [0, 0.1) is 11.8 Å². The Morgan fingerprint density at radius 1 is 0.346 bits per heavy atom. The van der Waals surface area contributed by atoms with Crippen molar-refractivity contribution in [2.75, 3.05) is 85.1 Å². The van der Waals surface area contributed by atoms with Crippen LogP contribution in [-0.4, -0.2) is 178 Å². The van der Waals surface area contributed by atoms with Gasteiger partial charge in [-0.05, 0) is 56.9 Å². The van der Waals surface area contributed by atoms with Gasteiger partial charge >= 0.3 is 11.9 Å². The van der Waals surface area contributed by atoms with E-state index in [1.165, 1.54) is 32.4 Å². The molecule has 0 aliphatic rings. The second kappa shape index (κ2) is 47.0. The third-order valence-electron chi connectivity index (χ3n) is 14.7. The van der Waals surface area contributed by atoms with Gasteiger partial charge in [0.1, 0.15) is 0 Å². The lowest BCUT2D eigenvalue weighted by Crippen LogP contribution is -2.53. The van der Waals surface area contributed by atoms with Crippen LogP contribution in [-0.2, 0) is 43.2 Å². The molecule has 0 fully saturated rings. The summed E-state index contributed by atoms with van der Waals surface area (Å²) in [7, 11) is 0. The molecule has 0 saturated carbocycles. The second-order valence-corrected chi connectivity index (χ2v) is 21.6. The Bertz CT molecular complexity index is 1700. The molecule has 0 heterocycles. The highest BCUT2D eigenvalue weighted by atomic mass is 16.4. The van der Waals surface area contributed by atoms with E-state index >= 15 is 0 Å². The molecule has 0 radical (unpaired) electrons. The van der Waals surface area contributed by atoms with E-state index in [4.69, 9.17) is 11.5 Å². The molecule has 0 aromatic rings. The minimum Gasteiger partial charge on any atom is -0.481 e. The predicted molar refractivity (Wildman–Crippen MR) is 308 cm³/mol. The Morgan fingerprint density at radius 3 is 0.987 bits per heavy atom. The molecule has 0 aliphatic carbocycles. The van der Waals surface area contributed by atoms with Crippen molar-refractivity contribution in [2.24, 2.45) is 23.3 Å². The van der Waals surface area contributed by atoms with E-state index in [-0.39, 0.29) is 70.6 Å². The number of carboxylic acid groups (broad SMARTS) is 2. The third kappa shape index (κ3) is 36.4. The average molecular weight is 1110 g/mol. The first-order valence-corrected chi connectivity index (χ1v) is 30.5. The summed E-state index contributed by atoms with van der Waals surface area (Å²) in [5.41, 5.74) is 11.3. The number of aliphatic carboxylic acids is 2. The molecule has 19 nitrogen and oxygen atoms in total. The van der Waals surface area contributed by atoms with Crippen LogP contribution in [0.25, 0.3) is 0 Å². The van der Waals surface area contributed by atoms with Crippen LogP contribution >= 0.6 is 0 Å². The molecular weight excluding hydrogens is 997 g/mol. The van der Waals surface area contributed by atoms with Gasteiger partial charge in [0, 0.05) is 45.7 Å². The fourth-order valence-electron chi connectivity index (χ4n) is 9.55. The predicted octanol–water partition coefficient (Wildman–Crippen LogP) is 8.24. The van der Waals surface area contributed by atoms with E-state index in [0.29, 0.717) is 38.8 Å². The Balaban J connectivity index is 7.22. The third-order valence-corrected chi connectivity index (χ3v) is 14.7. The maximum Gasteiger partial charge on any atom is 0.305 e. The molecule has 0 aromatic heterocycles. The number of nitrogens with zero attached hydrogens (tertiary/aromatic N) is 6. The Hall–Kier alpha value is -4.81. The van der Waals surface area contributed by atoms with E-state index in [2.05, 4.69) is 34.6 Å². The van der Waals surface area contributed by atoms with E-state index in [9.17, 15) is 53.4 Å². The normalized spacial score (nSPS) is 11.9. The summed E-state index contributed by atoms with van der Waals surface area (Å²) in [5.74, 6) is -6.05. The van der Waals surface area contributed by atoms with Gasteiger partial charge in [-0.15, -0.1) is 0 Å². The summed E-state index contributed by atoms with van der Waals surface area (Å²) in [5, 5.41) is 19.1. The van der Waals surface area contributed by atoms with E-state index in [0.717, 1.165) is 138 Å². The lowest BCUT2D eigenvalue weighted by atomic mass is 9.98. The Morgan fingerprint density at radius 2 is 0.654 bits per heavy atom. The molecule has 2 unspecified atom stereocenters. The highest BCUT2D eigenvalue weighted by Crippen LogP contribution is 2.19. The Labute approximate surface area is 470 Å². The van der Waals surface area contributed by atoms with Crippen molar-refractivity contribution < 1.29 is 53.4 Å². The molecule has 452 valence electrons. The smallest absolute Gasteiger partial charge is 0.305 e. The molecule has 0 saturated heterocycles. The number of unbranched alkanes of at least 4 members (excludes halogenated alkanes) is 17. The van der Waals surface area contributed by atoms with Gasteiger partial charge in [-0.1, -0.05) is 170 Å². The van der Waals surface area contributed by atoms with Gasteiger partial charge in [-0.25, -0.2) is 0 Å². The van der Waals surface area contributed by atoms with Crippen LogP contribution in [0.3, 0.4) is 0 Å². The standard InChI is InChI=1S/C59H110N8O11/c1-7-13-17-19-21-23-25-29-37-62(53(70)45-65(40-35-59(77)78)54(71)44-64(39-34-58(75)76)52(69)33-27-28-36-60)47-57(74)67(42-50(12-6)32-16-10-4)48-55(72)63(38-30-26-24-22-20-18-14-8-2)46-56(73)66(43-51(61)68)41-49(11-5)31-15-9-3/h49-50H,7-48,60H2,1-6H3,(H2,61,68)(H,75,76)(H,77,78). The highest BCUT2D eigenvalue weighted by molar-refractivity contribution is 5.93. The van der Waals surface area contributed by atoms with Crippen molar-refractivity contribution >= 4 is 53.3 Å². The number of primary amides is 1. The average Bonchev–Trinajstić information content (AvgIpc) is 3.40. The maximum absolute atomic E-state index is 14.9. The largest absolute Gasteiger partial charge is 0.481 e. The molecule has 19 heteroatoms. The lowest BCUT2D eigenvalue weighted by Gasteiger charge is -2.34. The number of hydrogen-bond donors (Lipinski definition) is 4. The fraction of sp³-hybridized carbons (Fsp3) is 0.847. The number of hydrogen-bond acceptors (Lipinski definition) is 10. The molecule has 0 aromatic carbocycles. The van der Waals surface area contributed by atoms with Gasteiger partial charge < -0.3 is 51.1 Å². The summed E-state index contributed by atoms with van der Waals surface area (Å²) in [6.07, 6.45) is 22.8. The van der Waals surface area contributed by atoms with E-state index in [1.807, 2.05) is 6.92 Å². The molecule has 0 aliphatic heterocycles. The second-order valence-electron chi connectivity index (χ2n) is 21.6. The van der Waals surface area contributed by atoms with Gasteiger partial charge in [0.05, 0.1) is 52.1 Å². The molecular formula is C59H110N8O11. The maximum atomic E-state index is 14.9. The van der Waals surface area contributed by atoms with E-state index in [1.54, 1.807) is 0 Å². The molecule has 6 N–H and O–H groups in total. The van der Waals surface area contributed by atoms with E-state index < -0.39 is 85.8 Å². The monoisotopic (exact) mass is 1110 g/mol. The highest BCUT2D eigenvalue weighted by Gasteiger charge is 2.31. The first-order valence-electron chi connectivity index (χ1n) is 30.5. The SMILES string of the molecule is CCCCCCCCCCN(CC(=O)N(CC(=O)N(CCCCCCCCCC)CC(=O)N(CC(N)=O)CC(CC)CCCC)CC(CC)CCCC)C(=O)CN(CCC(=O)O)C(=O)CN(CCC(=O)O)C(=O)CCCCN. The summed E-state index contributed by atoms with van der Waals surface area (Å²) >= 11 is 0. The van der Waals surface area contributed by atoms with Crippen molar-refractivity contribution in [1.29, 1.82) is 0 Å². The van der Waals surface area contributed by atoms with Gasteiger partial charge in [0.15, 0.2) is 0 Å². The fourth-order valence-corrected chi connectivity index (χ4v) is 9.55. The van der Waals surface area contributed by atoms with Crippen molar-refractivity contribution in [3.63, 3.8) is 0 Å². The van der Waals surface area contributed by atoms with Gasteiger partial charge in [0.2, 0.25) is 41.4 Å². The number of carboxylic acids is 2. The van der Waals surface area contributed by atoms with Crippen LogP contribution in [0.2, 0.25) is 0 Å². The van der Waals surface area contributed by atoms with Gasteiger partial charge in [-0.3, -0.25) is 43.2 Å². The van der Waals surface area contributed by atoms with Crippen LogP contribution in [0.1, 0.15) is 228 Å².